The van der Waals surface area contributed by atoms with E-state index in [9.17, 15) is 8.78 Å². The Kier molecular flexibility index (Phi) is 6.37. The standard InChI is InChI=1S/C10H18F2N2O/c1-10(2,7-13)4-3-5-14-6-8(15)9(11)12/h8-9,14-15H,3-6H2,1-2H3. The summed E-state index contributed by atoms with van der Waals surface area (Å²) in [4.78, 5) is 0. The number of rotatable bonds is 7. The van der Waals surface area contributed by atoms with Gasteiger partial charge < -0.3 is 10.4 Å². The topological polar surface area (TPSA) is 56.0 Å². The Morgan fingerprint density at radius 1 is 1.47 bits per heavy atom. The van der Waals surface area contributed by atoms with Gasteiger partial charge in [0.2, 0.25) is 0 Å². The molecule has 0 radical (unpaired) electrons. The molecule has 0 saturated heterocycles. The molecule has 0 heterocycles. The molecule has 0 aromatic heterocycles. The van der Waals surface area contributed by atoms with Gasteiger partial charge in [-0.2, -0.15) is 5.26 Å². The molecule has 2 N–H and O–H groups in total. The fourth-order valence-electron chi connectivity index (χ4n) is 1.05. The lowest BCUT2D eigenvalue weighted by atomic mass is 9.90. The van der Waals surface area contributed by atoms with Crippen LogP contribution in [0.15, 0.2) is 0 Å². The number of halogens is 2. The Hall–Kier alpha value is -0.730. The van der Waals surface area contributed by atoms with Crippen LogP contribution in [0.25, 0.3) is 0 Å². The molecule has 0 spiro atoms. The van der Waals surface area contributed by atoms with Crippen LogP contribution in [0.1, 0.15) is 26.7 Å². The molecule has 0 fully saturated rings. The lowest BCUT2D eigenvalue weighted by Gasteiger charge is -2.15. The van der Waals surface area contributed by atoms with Gasteiger partial charge in [0.1, 0.15) is 6.10 Å². The normalized spacial score (nSPS) is 13.9. The Balaban J connectivity index is 3.45. The number of hydrogen-bond donors (Lipinski definition) is 2. The summed E-state index contributed by atoms with van der Waals surface area (Å²) in [5.74, 6) is 0. The zero-order chi connectivity index (χ0) is 11.9. The van der Waals surface area contributed by atoms with Crippen molar-refractivity contribution < 1.29 is 13.9 Å². The van der Waals surface area contributed by atoms with Crippen molar-refractivity contribution in [1.29, 1.82) is 5.26 Å². The molecule has 0 saturated carbocycles. The van der Waals surface area contributed by atoms with Crippen LogP contribution in [0.5, 0.6) is 0 Å². The average Bonchev–Trinajstić information content (AvgIpc) is 2.16. The summed E-state index contributed by atoms with van der Waals surface area (Å²) in [6.07, 6.45) is -2.86. The van der Waals surface area contributed by atoms with Gasteiger partial charge in [0, 0.05) is 6.54 Å². The first-order chi connectivity index (χ1) is 6.89. The predicted octanol–water partition coefficient (Wildman–Crippen LogP) is 1.53. The van der Waals surface area contributed by atoms with Crippen LogP contribution in [0.2, 0.25) is 0 Å². The van der Waals surface area contributed by atoms with Crippen LogP contribution in [0.3, 0.4) is 0 Å². The molecule has 3 nitrogen and oxygen atoms in total. The lowest BCUT2D eigenvalue weighted by molar-refractivity contribution is -0.00321. The van der Waals surface area contributed by atoms with Gasteiger partial charge in [-0.05, 0) is 33.2 Å². The molecule has 0 aromatic rings. The smallest absolute Gasteiger partial charge is 0.265 e. The molecular formula is C10H18F2N2O. The summed E-state index contributed by atoms with van der Waals surface area (Å²) in [5.41, 5.74) is -0.372. The van der Waals surface area contributed by atoms with Gasteiger partial charge >= 0.3 is 0 Å². The highest BCUT2D eigenvalue weighted by Crippen LogP contribution is 2.19. The summed E-state index contributed by atoms with van der Waals surface area (Å²) in [6, 6.07) is 2.16. The van der Waals surface area contributed by atoms with Gasteiger partial charge in [-0.1, -0.05) is 0 Å². The highest BCUT2D eigenvalue weighted by atomic mass is 19.3. The maximum Gasteiger partial charge on any atom is 0.265 e. The second-order valence-corrected chi connectivity index (χ2v) is 4.21. The molecule has 88 valence electrons. The molecule has 0 aliphatic rings. The fraction of sp³-hybridized carbons (Fsp3) is 0.900. The first-order valence-electron chi connectivity index (χ1n) is 4.97. The molecule has 1 atom stereocenters. The Bertz CT molecular complexity index is 214. The van der Waals surface area contributed by atoms with Crippen LogP contribution in [-0.2, 0) is 0 Å². The number of aliphatic hydroxyl groups is 1. The summed E-state index contributed by atoms with van der Waals surface area (Å²) in [5, 5.41) is 20.2. The third-order valence-electron chi connectivity index (χ3n) is 2.10. The van der Waals surface area contributed by atoms with Gasteiger partial charge in [0.05, 0.1) is 11.5 Å². The van der Waals surface area contributed by atoms with Crippen molar-refractivity contribution in [1.82, 2.24) is 5.32 Å². The van der Waals surface area contributed by atoms with E-state index < -0.39 is 12.5 Å². The Morgan fingerprint density at radius 2 is 2.07 bits per heavy atom. The monoisotopic (exact) mass is 220 g/mol. The highest BCUT2D eigenvalue weighted by molar-refractivity contribution is 4.91. The molecule has 5 heteroatoms. The maximum absolute atomic E-state index is 11.8. The van der Waals surface area contributed by atoms with E-state index in [2.05, 4.69) is 11.4 Å². The molecule has 0 aliphatic heterocycles. The van der Waals surface area contributed by atoms with Crippen molar-refractivity contribution in [3.05, 3.63) is 0 Å². The van der Waals surface area contributed by atoms with Crippen molar-refractivity contribution in [2.24, 2.45) is 5.41 Å². The minimum Gasteiger partial charge on any atom is -0.386 e. The number of nitriles is 1. The van der Waals surface area contributed by atoms with Gasteiger partial charge in [-0.25, -0.2) is 8.78 Å². The molecular weight excluding hydrogens is 202 g/mol. The number of alkyl halides is 2. The van der Waals surface area contributed by atoms with Crippen LogP contribution >= 0.6 is 0 Å². The lowest BCUT2D eigenvalue weighted by Crippen LogP contribution is -2.32. The molecule has 0 amide bonds. The minimum absolute atomic E-state index is 0.106. The molecule has 0 aliphatic carbocycles. The van der Waals surface area contributed by atoms with Crippen molar-refractivity contribution in [3.8, 4) is 6.07 Å². The third kappa shape index (κ3) is 7.23. The molecule has 0 rings (SSSR count). The molecule has 1 unspecified atom stereocenters. The average molecular weight is 220 g/mol. The van der Waals surface area contributed by atoms with Crippen LogP contribution in [-0.4, -0.2) is 30.7 Å². The fourth-order valence-corrected chi connectivity index (χ4v) is 1.05. The van der Waals surface area contributed by atoms with Crippen LogP contribution in [0.4, 0.5) is 8.78 Å². The second kappa shape index (κ2) is 6.70. The Morgan fingerprint density at radius 3 is 2.53 bits per heavy atom. The number of nitrogens with one attached hydrogen (secondary N) is 1. The maximum atomic E-state index is 11.8. The van der Waals surface area contributed by atoms with E-state index in [1.807, 2.05) is 13.8 Å². The van der Waals surface area contributed by atoms with E-state index in [-0.39, 0.29) is 12.0 Å². The Labute approximate surface area is 89.1 Å². The van der Waals surface area contributed by atoms with Gasteiger partial charge in [-0.3, -0.25) is 0 Å². The zero-order valence-electron chi connectivity index (χ0n) is 9.13. The van der Waals surface area contributed by atoms with E-state index in [1.54, 1.807) is 0 Å². The summed E-state index contributed by atoms with van der Waals surface area (Å²) in [7, 11) is 0. The predicted molar refractivity (Wildman–Crippen MR) is 53.5 cm³/mol. The summed E-state index contributed by atoms with van der Waals surface area (Å²) >= 11 is 0. The molecule has 0 aromatic carbocycles. The first-order valence-corrected chi connectivity index (χ1v) is 4.97. The van der Waals surface area contributed by atoms with Gasteiger partial charge in [0.25, 0.3) is 6.43 Å². The van der Waals surface area contributed by atoms with Crippen LogP contribution < -0.4 is 5.32 Å². The zero-order valence-corrected chi connectivity index (χ0v) is 9.13. The number of aliphatic hydroxyl groups excluding tert-OH is 1. The van der Waals surface area contributed by atoms with E-state index >= 15 is 0 Å². The summed E-state index contributed by atoms with van der Waals surface area (Å²) < 4.78 is 23.7. The van der Waals surface area contributed by atoms with Gasteiger partial charge in [-0.15, -0.1) is 0 Å². The van der Waals surface area contributed by atoms with E-state index in [1.165, 1.54) is 0 Å². The summed E-state index contributed by atoms with van der Waals surface area (Å²) in [6.45, 7) is 4.10. The number of hydrogen-bond acceptors (Lipinski definition) is 3. The quantitative estimate of drug-likeness (QED) is 0.640. The van der Waals surface area contributed by atoms with E-state index in [0.717, 1.165) is 6.42 Å². The molecule has 0 bridgehead atoms. The van der Waals surface area contributed by atoms with E-state index in [0.29, 0.717) is 13.0 Å². The highest BCUT2D eigenvalue weighted by Gasteiger charge is 2.17. The number of nitrogens with zero attached hydrogens (tertiary/aromatic N) is 1. The second-order valence-electron chi connectivity index (χ2n) is 4.21. The largest absolute Gasteiger partial charge is 0.386 e. The van der Waals surface area contributed by atoms with Crippen molar-refractivity contribution >= 4 is 0 Å². The molecule has 15 heavy (non-hydrogen) atoms. The van der Waals surface area contributed by atoms with Crippen molar-refractivity contribution in [2.75, 3.05) is 13.1 Å². The van der Waals surface area contributed by atoms with Gasteiger partial charge in [0.15, 0.2) is 0 Å². The first kappa shape index (κ1) is 14.3. The van der Waals surface area contributed by atoms with Crippen LogP contribution in [0, 0.1) is 16.7 Å². The minimum atomic E-state index is -2.70. The van der Waals surface area contributed by atoms with Crippen molar-refractivity contribution in [3.63, 3.8) is 0 Å². The van der Waals surface area contributed by atoms with Crippen molar-refractivity contribution in [2.45, 2.75) is 39.2 Å². The van der Waals surface area contributed by atoms with E-state index in [4.69, 9.17) is 10.4 Å². The third-order valence-corrected chi connectivity index (χ3v) is 2.10. The SMILES string of the molecule is CC(C)(C#N)CCCNCC(O)C(F)F.